The summed E-state index contributed by atoms with van der Waals surface area (Å²) in [6.45, 7) is 0.580. The first-order valence-electron chi connectivity index (χ1n) is 9.74. The molecule has 4 rings (SSSR count). The van der Waals surface area contributed by atoms with Gasteiger partial charge in [-0.15, -0.1) is 0 Å². The minimum Gasteiger partial charge on any atom is -0.441 e. The van der Waals surface area contributed by atoms with E-state index in [1.54, 1.807) is 18.5 Å². The van der Waals surface area contributed by atoms with Crippen molar-refractivity contribution in [1.29, 1.82) is 0 Å². The number of rotatable bonds is 8. The van der Waals surface area contributed by atoms with Crippen LogP contribution in [0.25, 0.3) is 17.0 Å². The average molecular weight is 421 g/mol. The van der Waals surface area contributed by atoms with E-state index < -0.39 is 0 Å². The van der Waals surface area contributed by atoms with Crippen molar-refractivity contribution in [2.45, 2.75) is 19.3 Å². The Morgan fingerprint density at radius 1 is 1.07 bits per heavy atom. The predicted molar refractivity (Wildman–Crippen MR) is 116 cm³/mol. The smallest absolute Gasteiger partial charge is 0.220 e. The molecule has 0 saturated carbocycles. The van der Waals surface area contributed by atoms with Crippen molar-refractivity contribution in [2.24, 2.45) is 0 Å². The van der Waals surface area contributed by atoms with Gasteiger partial charge in [-0.25, -0.2) is 9.67 Å². The maximum atomic E-state index is 12.1. The third-order valence-corrected chi connectivity index (χ3v) is 5.03. The van der Waals surface area contributed by atoms with Crippen LogP contribution >= 0.6 is 11.6 Å². The first-order chi connectivity index (χ1) is 14.7. The van der Waals surface area contributed by atoms with Crippen LogP contribution in [-0.2, 0) is 17.6 Å². The van der Waals surface area contributed by atoms with Crippen LogP contribution in [0.4, 0.5) is 0 Å². The molecule has 0 saturated heterocycles. The van der Waals surface area contributed by atoms with Crippen LogP contribution in [0.2, 0.25) is 5.02 Å². The molecule has 0 fully saturated rings. The van der Waals surface area contributed by atoms with E-state index >= 15 is 0 Å². The second-order valence-corrected chi connectivity index (χ2v) is 7.22. The molecule has 7 heteroatoms. The number of carbonyl (C=O) groups excluding carboxylic acids is 1. The summed E-state index contributed by atoms with van der Waals surface area (Å²) >= 11 is 6.18. The van der Waals surface area contributed by atoms with Crippen molar-refractivity contribution in [3.63, 3.8) is 0 Å². The predicted octanol–water partition coefficient (Wildman–Crippen LogP) is 4.47. The fourth-order valence-electron chi connectivity index (χ4n) is 3.10. The summed E-state index contributed by atoms with van der Waals surface area (Å²) in [5.74, 6) is 1.10. The number of carbonyl (C=O) groups is 1. The van der Waals surface area contributed by atoms with Crippen LogP contribution < -0.4 is 5.32 Å². The van der Waals surface area contributed by atoms with E-state index in [0.29, 0.717) is 36.1 Å². The molecule has 6 nitrogen and oxygen atoms in total. The fourth-order valence-corrected chi connectivity index (χ4v) is 3.33. The number of halogens is 1. The van der Waals surface area contributed by atoms with E-state index in [9.17, 15) is 4.79 Å². The van der Waals surface area contributed by atoms with Gasteiger partial charge in [-0.3, -0.25) is 4.79 Å². The Bertz CT molecular complexity index is 1100. The Morgan fingerprint density at radius 2 is 1.90 bits per heavy atom. The molecule has 0 atom stereocenters. The van der Waals surface area contributed by atoms with Crippen molar-refractivity contribution in [2.75, 3.05) is 6.54 Å². The number of hydrogen-bond donors (Lipinski definition) is 1. The summed E-state index contributed by atoms with van der Waals surface area (Å²) < 4.78 is 7.54. The van der Waals surface area contributed by atoms with E-state index in [0.717, 1.165) is 23.2 Å². The third kappa shape index (κ3) is 4.96. The summed E-state index contributed by atoms with van der Waals surface area (Å²) in [6.07, 6.45) is 6.82. The molecule has 0 bridgehead atoms. The minimum atomic E-state index is -0.0272. The molecule has 0 spiro atoms. The number of aryl methyl sites for hydroxylation is 1. The number of oxazole rings is 1. The summed E-state index contributed by atoms with van der Waals surface area (Å²) in [6, 6.07) is 17.5. The van der Waals surface area contributed by atoms with Gasteiger partial charge in [-0.2, -0.15) is 5.10 Å². The first kappa shape index (κ1) is 19.9. The molecule has 2 heterocycles. The SMILES string of the molecule is O=C(CCc1ncc(-c2ccccc2Cl)o1)NCCc1ccc(-n2cccn2)cc1. The van der Waals surface area contributed by atoms with Crippen molar-refractivity contribution in [1.82, 2.24) is 20.1 Å². The fraction of sp³-hybridized carbons (Fsp3) is 0.174. The average Bonchev–Trinajstić information content (AvgIpc) is 3.46. The zero-order valence-corrected chi connectivity index (χ0v) is 17.0. The van der Waals surface area contributed by atoms with E-state index in [4.69, 9.17) is 16.0 Å². The molecule has 0 radical (unpaired) electrons. The molecular formula is C23H21ClN4O2. The highest BCUT2D eigenvalue weighted by atomic mass is 35.5. The van der Waals surface area contributed by atoms with Crippen LogP contribution in [0.5, 0.6) is 0 Å². The molecule has 2 aromatic carbocycles. The topological polar surface area (TPSA) is 73.0 Å². The van der Waals surface area contributed by atoms with Gasteiger partial charge in [-0.1, -0.05) is 35.9 Å². The Morgan fingerprint density at radius 3 is 2.67 bits per heavy atom. The lowest BCUT2D eigenvalue weighted by molar-refractivity contribution is -0.121. The maximum absolute atomic E-state index is 12.1. The van der Waals surface area contributed by atoms with Crippen LogP contribution in [0.1, 0.15) is 17.9 Å². The first-order valence-corrected chi connectivity index (χ1v) is 10.1. The number of nitrogens with one attached hydrogen (secondary N) is 1. The van der Waals surface area contributed by atoms with Gasteiger partial charge >= 0.3 is 0 Å². The molecule has 4 aromatic rings. The largest absolute Gasteiger partial charge is 0.441 e. The zero-order valence-electron chi connectivity index (χ0n) is 16.3. The number of nitrogens with zero attached hydrogens (tertiary/aromatic N) is 3. The van der Waals surface area contributed by atoms with Crippen LogP contribution in [0, 0.1) is 0 Å². The summed E-state index contributed by atoms with van der Waals surface area (Å²) in [5.41, 5.74) is 2.96. The molecule has 0 aliphatic heterocycles. The summed E-state index contributed by atoms with van der Waals surface area (Å²) in [4.78, 5) is 16.4. The number of hydrogen-bond acceptors (Lipinski definition) is 4. The maximum Gasteiger partial charge on any atom is 0.220 e. The molecule has 1 amide bonds. The van der Waals surface area contributed by atoms with E-state index in [1.165, 1.54) is 0 Å². The highest BCUT2D eigenvalue weighted by Gasteiger charge is 2.11. The molecule has 1 N–H and O–H groups in total. The van der Waals surface area contributed by atoms with Gasteiger partial charge in [0, 0.05) is 37.3 Å². The van der Waals surface area contributed by atoms with Crippen LogP contribution in [0.3, 0.4) is 0 Å². The van der Waals surface area contributed by atoms with Gasteiger partial charge < -0.3 is 9.73 Å². The molecule has 152 valence electrons. The highest BCUT2D eigenvalue weighted by molar-refractivity contribution is 6.33. The van der Waals surface area contributed by atoms with E-state index in [1.807, 2.05) is 59.4 Å². The monoisotopic (exact) mass is 420 g/mol. The van der Waals surface area contributed by atoms with Crippen molar-refractivity contribution >= 4 is 17.5 Å². The minimum absolute atomic E-state index is 0.0272. The third-order valence-electron chi connectivity index (χ3n) is 4.70. The van der Waals surface area contributed by atoms with Gasteiger partial charge in [0.15, 0.2) is 11.7 Å². The number of amides is 1. The standard InChI is InChI=1S/C23H21ClN4O2/c24-20-5-2-1-4-19(20)21-16-26-23(30-21)11-10-22(29)25-14-12-17-6-8-18(9-7-17)28-15-3-13-27-28/h1-9,13,15-16H,10-12,14H2,(H,25,29). The molecule has 0 unspecified atom stereocenters. The van der Waals surface area contributed by atoms with Gasteiger partial charge in [0.1, 0.15) is 0 Å². The normalized spacial score (nSPS) is 10.8. The lowest BCUT2D eigenvalue weighted by atomic mass is 10.1. The zero-order chi connectivity index (χ0) is 20.8. The molecule has 30 heavy (non-hydrogen) atoms. The van der Waals surface area contributed by atoms with Crippen LogP contribution in [0.15, 0.2) is 77.6 Å². The lowest BCUT2D eigenvalue weighted by Gasteiger charge is -2.06. The Hall–Kier alpha value is -3.38. The molecular weight excluding hydrogens is 400 g/mol. The lowest BCUT2D eigenvalue weighted by Crippen LogP contribution is -2.25. The van der Waals surface area contributed by atoms with Crippen molar-refractivity contribution in [3.05, 3.63) is 89.7 Å². The van der Waals surface area contributed by atoms with Gasteiger partial charge in [0.05, 0.1) is 16.9 Å². The molecule has 0 aliphatic rings. The number of benzene rings is 2. The van der Waals surface area contributed by atoms with Gasteiger partial charge in [0.2, 0.25) is 5.91 Å². The summed E-state index contributed by atoms with van der Waals surface area (Å²) in [7, 11) is 0. The van der Waals surface area contributed by atoms with E-state index in [-0.39, 0.29) is 5.91 Å². The summed E-state index contributed by atoms with van der Waals surface area (Å²) in [5, 5.41) is 7.76. The van der Waals surface area contributed by atoms with Crippen molar-refractivity contribution in [3.8, 4) is 17.0 Å². The Labute approximate surface area is 179 Å². The van der Waals surface area contributed by atoms with Gasteiger partial charge in [-0.05, 0) is 42.3 Å². The second-order valence-electron chi connectivity index (χ2n) is 6.82. The Kier molecular flexibility index (Phi) is 6.25. The highest BCUT2D eigenvalue weighted by Crippen LogP contribution is 2.28. The Balaban J connectivity index is 1.22. The second kappa shape index (κ2) is 9.41. The quantitative estimate of drug-likeness (QED) is 0.456. The number of aromatic nitrogens is 3. The van der Waals surface area contributed by atoms with Crippen LogP contribution in [-0.4, -0.2) is 27.2 Å². The molecule has 0 aliphatic carbocycles. The van der Waals surface area contributed by atoms with Gasteiger partial charge in [0.25, 0.3) is 0 Å². The van der Waals surface area contributed by atoms with Crippen molar-refractivity contribution < 1.29 is 9.21 Å². The van der Waals surface area contributed by atoms with E-state index in [2.05, 4.69) is 15.4 Å². The molecule has 2 aromatic heterocycles.